The van der Waals surface area contributed by atoms with Crippen LogP contribution in [0.1, 0.15) is 27.2 Å². The van der Waals surface area contributed by atoms with Gasteiger partial charge in [-0.25, -0.2) is 14.6 Å². The highest BCUT2D eigenvalue weighted by atomic mass is 79.9. The first kappa shape index (κ1) is 23.9. The van der Waals surface area contributed by atoms with Crippen LogP contribution in [0.15, 0.2) is 22.9 Å². The predicted molar refractivity (Wildman–Crippen MR) is 112 cm³/mol. The van der Waals surface area contributed by atoms with Crippen molar-refractivity contribution in [3.05, 3.63) is 22.9 Å². The number of carbonyl (C=O) groups is 3. The fourth-order valence-electron chi connectivity index (χ4n) is 3.33. The van der Waals surface area contributed by atoms with Crippen LogP contribution in [0.3, 0.4) is 0 Å². The number of nitrogens with zero attached hydrogens (tertiary/aromatic N) is 2. The van der Waals surface area contributed by atoms with Crippen molar-refractivity contribution in [1.82, 2.24) is 15.2 Å². The molecule has 1 N–H and O–H groups in total. The monoisotopic (exact) mass is 485 g/mol. The Bertz CT molecular complexity index is 782. The van der Waals surface area contributed by atoms with Crippen LogP contribution in [0.2, 0.25) is 0 Å². The molecule has 166 valence electrons. The molecule has 30 heavy (non-hydrogen) atoms. The Morgan fingerprint density at radius 3 is 2.57 bits per heavy atom. The molecule has 2 heterocycles. The van der Waals surface area contributed by atoms with E-state index in [-0.39, 0.29) is 11.8 Å². The standard InChI is InChI=1S/C20H28BrN3O6/c1-20(2,3)16(23-19(27)29-5)17(25)24-10-12(8-14(24)18(26)28-4)11-30-13-6-7-22-15(21)9-13/h6-7,9,12,14,16H,8,10-11H2,1-5H3,(H,23,27). The minimum Gasteiger partial charge on any atom is -0.493 e. The van der Waals surface area contributed by atoms with E-state index in [9.17, 15) is 14.4 Å². The lowest BCUT2D eigenvalue weighted by Crippen LogP contribution is -2.56. The first-order valence-electron chi connectivity index (χ1n) is 9.54. The molecule has 1 aliphatic rings. The smallest absolute Gasteiger partial charge is 0.407 e. The number of ether oxygens (including phenoxy) is 3. The van der Waals surface area contributed by atoms with Crippen molar-refractivity contribution in [1.29, 1.82) is 0 Å². The number of carbonyl (C=O) groups excluding carboxylic acids is 3. The third-order valence-corrected chi connectivity index (χ3v) is 5.32. The molecule has 1 saturated heterocycles. The fourth-order valence-corrected chi connectivity index (χ4v) is 3.67. The van der Waals surface area contributed by atoms with Gasteiger partial charge >= 0.3 is 12.1 Å². The SMILES string of the molecule is COC(=O)NC(C(=O)N1CC(COc2ccnc(Br)c2)CC1C(=O)OC)C(C)(C)C. The number of aromatic nitrogens is 1. The van der Waals surface area contributed by atoms with Gasteiger partial charge in [0.25, 0.3) is 0 Å². The van der Waals surface area contributed by atoms with Gasteiger partial charge in [-0.2, -0.15) is 0 Å². The Morgan fingerprint density at radius 2 is 2.00 bits per heavy atom. The highest BCUT2D eigenvalue weighted by Gasteiger charge is 2.45. The number of hydrogen-bond acceptors (Lipinski definition) is 7. The number of esters is 1. The van der Waals surface area contributed by atoms with E-state index in [1.54, 1.807) is 18.3 Å². The molecule has 0 saturated carbocycles. The van der Waals surface area contributed by atoms with Crippen LogP contribution in [-0.2, 0) is 19.1 Å². The Kier molecular flexibility index (Phi) is 8.05. The van der Waals surface area contributed by atoms with Crippen molar-refractivity contribution >= 4 is 33.9 Å². The lowest BCUT2D eigenvalue weighted by Gasteiger charge is -2.34. The number of amides is 2. The quantitative estimate of drug-likeness (QED) is 0.486. The van der Waals surface area contributed by atoms with Crippen LogP contribution >= 0.6 is 15.9 Å². The van der Waals surface area contributed by atoms with E-state index in [1.165, 1.54) is 19.1 Å². The number of methoxy groups -OCH3 is 2. The predicted octanol–water partition coefficient (Wildman–Crippen LogP) is 2.38. The molecule has 1 aromatic heterocycles. The molecule has 1 aliphatic heterocycles. The fraction of sp³-hybridized carbons (Fsp3) is 0.600. The molecule has 10 heteroatoms. The van der Waals surface area contributed by atoms with Gasteiger partial charge in [0.15, 0.2) is 0 Å². The highest BCUT2D eigenvalue weighted by Crippen LogP contribution is 2.30. The Hall–Kier alpha value is -2.36. The molecule has 0 aromatic carbocycles. The van der Waals surface area contributed by atoms with E-state index >= 15 is 0 Å². The zero-order chi connectivity index (χ0) is 22.5. The summed E-state index contributed by atoms with van der Waals surface area (Å²) in [4.78, 5) is 43.0. The number of pyridine rings is 1. The van der Waals surface area contributed by atoms with Crippen molar-refractivity contribution in [3.63, 3.8) is 0 Å². The topological polar surface area (TPSA) is 107 Å². The molecule has 0 spiro atoms. The molecule has 0 radical (unpaired) electrons. The maximum atomic E-state index is 13.3. The molecular weight excluding hydrogens is 458 g/mol. The second kappa shape index (κ2) is 10.1. The van der Waals surface area contributed by atoms with Gasteiger partial charge in [-0.15, -0.1) is 0 Å². The second-order valence-electron chi connectivity index (χ2n) is 8.19. The Morgan fingerprint density at radius 1 is 1.30 bits per heavy atom. The molecule has 0 aliphatic carbocycles. The van der Waals surface area contributed by atoms with Gasteiger partial charge in [-0.3, -0.25) is 4.79 Å². The van der Waals surface area contributed by atoms with Gasteiger partial charge in [0, 0.05) is 24.7 Å². The van der Waals surface area contributed by atoms with E-state index in [2.05, 4.69) is 31.0 Å². The second-order valence-corrected chi connectivity index (χ2v) is 9.00. The van der Waals surface area contributed by atoms with Crippen molar-refractivity contribution in [3.8, 4) is 5.75 Å². The lowest BCUT2D eigenvalue weighted by atomic mass is 9.85. The Labute approximate surface area is 184 Å². The number of halogens is 1. The molecule has 2 rings (SSSR count). The molecule has 0 bridgehead atoms. The van der Waals surface area contributed by atoms with E-state index < -0.39 is 29.6 Å². The zero-order valence-corrected chi connectivity index (χ0v) is 19.4. The zero-order valence-electron chi connectivity index (χ0n) is 17.8. The molecule has 1 aromatic rings. The number of hydrogen-bond donors (Lipinski definition) is 1. The molecule has 3 unspecified atom stereocenters. The van der Waals surface area contributed by atoms with Gasteiger partial charge < -0.3 is 24.4 Å². The summed E-state index contributed by atoms with van der Waals surface area (Å²) in [6.07, 6.45) is 1.31. The summed E-state index contributed by atoms with van der Waals surface area (Å²) in [5.74, 6) is -0.305. The minimum absolute atomic E-state index is 0.0799. The van der Waals surface area contributed by atoms with E-state index in [0.29, 0.717) is 29.9 Å². The number of rotatable bonds is 6. The summed E-state index contributed by atoms with van der Waals surface area (Å²) in [6.45, 7) is 6.11. The summed E-state index contributed by atoms with van der Waals surface area (Å²) in [6, 6.07) is 1.86. The Balaban J connectivity index is 2.17. The summed E-state index contributed by atoms with van der Waals surface area (Å²) < 4.78 is 16.0. The average Bonchev–Trinajstić information content (AvgIpc) is 3.12. The van der Waals surface area contributed by atoms with Crippen LogP contribution < -0.4 is 10.1 Å². The number of nitrogens with one attached hydrogen (secondary N) is 1. The average molecular weight is 486 g/mol. The highest BCUT2D eigenvalue weighted by molar-refractivity contribution is 9.10. The number of alkyl carbamates (subject to hydrolysis) is 1. The summed E-state index contributed by atoms with van der Waals surface area (Å²) >= 11 is 3.29. The molecule has 2 amide bonds. The molecule has 1 fully saturated rings. The third kappa shape index (κ3) is 6.07. The minimum atomic E-state index is -0.868. The van der Waals surface area contributed by atoms with Crippen LogP contribution in [-0.4, -0.2) is 67.3 Å². The van der Waals surface area contributed by atoms with Gasteiger partial charge in [0.05, 0.1) is 20.8 Å². The summed E-state index contributed by atoms with van der Waals surface area (Å²) in [5.41, 5.74) is -0.593. The van der Waals surface area contributed by atoms with Crippen LogP contribution in [0, 0.1) is 11.3 Å². The van der Waals surface area contributed by atoms with E-state index in [0.717, 1.165) is 0 Å². The van der Waals surface area contributed by atoms with Crippen LogP contribution in [0.5, 0.6) is 5.75 Å². The normalized spacial score (nSPS) is 19.7. The van der Waals surface area contributed by atoms with Crippen LogP contribution in [0.25, 0.3) is 0 Å². The largest absolute Gasteiger partial charge is 0.493 e. The van der Waals surface area contributed by atoms with E-state index in [4.69, 9.17) is 9.47 Å². The van der Waals surface area contributed by atoms with Crippen molar-refractivity contribution in [2.24, 2.45) is 11.3 Å². The first-order chi connectivity index (χ1) is 14.1. The van der Waals surface area contributed by atoms with Gasteiger partial charge in [0.1, 0.15) is 22.4 Å². The lowest BCUT2D eigenvalue weighted by molar-refractivity contribution is -0.152. The molecule has 3 atom stereocenters. The van der Waals surface area contributed by atoms with E-state index in [1.807, 2.05) is 20.8 Å². The maximum absolute atomic E-state index is 13.3. The maximum Gasteiger partial charge on any atom is 0.407 e. The van der Waals surface area contributed by atoms with Gasteiger partial charge in [0.2, 0.25) is 5.91 Å². The molecular formula is C20H28BrN3O6. The summed E-state index contributed by atoms with van der Waals surface area (Å²) in [5, 5.41) is 2.59. The van der Waals surface area contributed by atoms with Gasteiger partial charge in [-0.05, 0) is 33.8 Å². The van der Waals surface area contributed by atoms with Crippen molar-refractivity contribution in [2.75, 3.05) is 27.4 Å². The number of likely N-dealkylation sites (tertiary alicyclic amines) is 1. The van der Waals surface area contributed by atoms with Crippen molar-refractivity contribution < 1.29 is 28.6 Å². The molecule has 9 nitrogen and oxygen atoms in total. The third-order valence-electron chi connectivity index (χ3n) is 4.89. The first-order valence-corrected chi connectivity index (χ1v) is 10.3. The summed E-state index contributed by atoms with van der Waals surface area (Å²) in [7, 11) is 2.52. The van der Waals surface area contributed by atoms with Crippen LogP contribution in [0.4, 0.5) is 4.79 Å². The van der Waals surface area contributed by atoms with Crippen molar-refractivity contribution in [2.45, 2.75) is 39.3 Å². The van der Waals surface area contributed by atoms with Gasteiger partial charge in [-0.1, -0.05) is 20.8 Å².